The minimum atomic E-state index is 0.118. The van der Waals surface area contributed by atoms with E-state index in [2.05, 4.69) is 240 Å². The van der Waals surface area contributed by atoms with E-state index in [0.717, 1.165) is 44.3 Å². The Morgan fingerprint density at radius 2 is 0.909 bits per heavy atom. The van der Waals surface area contributed by atoms with Crippen molar-refractivity contribution in [2.24, 2.45) is 0 Å². The van der Waals surface area contributed by atoms with E-state index in [1.165, 1.54) is 61.1 Å². The summed E-state index contributed by atoms with van der Waals surface area (Å²) in [7, 11) is 0. The van der Waals surface area contributed by atoms with Gasteiger partial charge in [0.1, 0.15) is 0 Å². The third-order valence-electron chi connectivity index (χ3n) is 13.5. The average molecular weight is 843 g/mol. The molecule has 0 N–H and O–H groups in total. The van der Waals surface area contributed by atoms with Crippen LogP contribution in [0.3, 0.4) is 0 Å². The molecule has 3 heterocycles. The number of allylic oxidation sites excluding steroid dienone is 2. The van der Waals surface area contributed by atoms with Crippen molar-refractivity contribution in [3.8, 4) is 50.7 Å². The minimum Gasteiger partial charge on any atom is -0.333 e. The van der Waals surface area contributed by atoms with Crippen LogP contribution in [0.25, 0.3) is 88.9 Å². The molecule has 0 radical (unpaired) electrons. The highest BCUT2D eigenvalue weighted by Crippen LogP contribution is 2.52. The largest absolute Gasteiger partial charge is 0.333 e. The Labute approximate surface area is 383 Å². The van der Waals surface area contributed by atoms with Gasteiger partial charge in [-0.15, -0.1) is 0 Å². The van der Waals surface area contributed by atoms with Crippen LogP contribution in [0.4, 0.5) is 11.4 Å². The van der Waals surface area contributed by atoms with Crippen molar-refractivity contribution in [1.29, 1.82) is 0 Å². The summed E-state index contributed by atoms with van der Waals surface area (Å²) >= 11 is 0. The molecule has 4 nitrogen and oxygen atoms in total. The van der Waals surface area contributed by atoms with Gasteiger partial charge in [-0.1, -0.05) is 194 Å². The van der Waals surface area contributed by atoms with Crippen LogP contribution in [0.1, 0.15) is 17.0 Å². The maximum absolute atomic E-state index is 5.33. The van der Waals surface area contributed by atoms with Crippen molar-refractivity contribution in [3.63, 3.8) is 0 Å². The molecule has 66 heavy (non-hydrogen) atoms. The monoisotopic (exact) mass is 842 g/mol. The summed E-state index contributed by atoms with van der Waals surface area (Å²) in [4.78, 5) is 13.2. The first-order valence-corrected chi connectivity index (χ1v) is 22.7. The van der Waals surface area contributed by atoms with Crippen LogP contribution >= 0.6 is 0 Å². The summed E-state index contributed by atoms with van der Waals surface area (Å²) in [6.07, 6.45) is 7.29. The van der Waals surface area contributed by atoms with Gasteiger partial charge in [-0.05, 0) is 92.9 Å². The second-order valence-electron chi connectivity index (χ2n) is 17.3. The van der Waals surface area contributed by atoms with Crippen LogP contribution in [0.5, 0.6) is 0 Å². The Kier molecular flexibility index (Phi) is 8.95. The van der Waals surface area contributed by atoms with Crippen molar-refractivity contribution in [3.05, 3.63) is 254 Å². The molecule has 9 aromatic carbocycles. The normalized spacial score (nSPS) is 15.3. The van der Waals surface area contributed by atoms with Crippen LogP contribution in [0, 0.1) is 0 Å². The zero-order valence-corrected chi connectivity index (χ0v) is 36.0. The Morgan fingerprint density at radius 1 is 0.379 bits per heavy atom. The quantitative estimate of drug-likeness (QED) is 0.160. The van der Waals surface area contributed by atoms with Gasteiger partial charge in [-0.3, -0.25) is 4.57 Å². The van der Waals surface area contributed by atoms with Gasteiger partial charge in [-0.25, -0.2) is 9.97 Å². The molecule has 0 fully saturated rings. The smallest absolute Gasteiger partial charge is 0.235 e. The standard InChI is InChI=1S/C62H42N4/c1-5-16-41(17-6-1)46-28-32-58-51(36-46)52-38-48(30-33-59(52)65(58)57-27-15-25-43-20-13-14-26-50(43)57)49-31-35-61-54(39-49)53-37-47(42-18-7-2-8-19-42)29-34-60(53)66(61)62-63-55(44-21-9-3-10-22-44)40-56(64-62)45-23-11-4-12-24-45/h1-40,52,59H. The van der Waals surface area contributed by atoms with Gasteiger partial charge in [0.15, 0.2) is 0 Å². The Morgan fingerprint density at radius 3 is 1.56 bits per heavy atom. The molecule has 2 aromatic heterocycles. The van der Waals surface area contributed by atoms with E-state index in [4.69, 9.17) is 9.97 Å². The fraction of sp³-hybridized carbons (Fsp3) is 0.0323. The van der Waals surface area contributed by atoms with Crippen molar-refractivity contribution < 1.29 is 0 Å². The Balaban J connectivity index is 0.991. The van der Waals surface area contributed by atoms with Crippen molar-refractivity contribution in [2.75, 3.05) is 4.90 Å². The molecule has 0 spiro atoms. The lowest BCUT2D eigenvalue weighted by atomic mass is 9.85. The van der Waals surface area contributed by atoms with Gasteiger partial charge in [0, 0.05) is 44.6 Å². The summed E-state index contributed by atoms with van der Waals surface area (Å²) in [6.45, 7) is 0. The molecular formula is C62H42N4. The molecule has 1 aliphatic carbocycles. The molecule has 1 aliphatic heterocycles. The molecule has 0 amide bonds. The number of hydrogen-bond acceptors (Lipinski definition) is 3. The predicted octanol–water partition coefficient (Wildman–Crippen LogP) is 15.7. The van der Waals surface area contributed by atoms with Gasteiger partial charge in [0.05, 0.1) is 28.5 Å². The molecule has 2 unspecified atom stereocenters. The lowest BCUT2D eigenvalue weighted by Gasteiger charge is -2.30. The van der Waals surface area contributed by atoms with Crippen molar-refractivity contribution in [2.45, 2.75) is 12.0 Å². The highest BCUT2D eigenvalue weighted by molar-refractivity contribution is 6.11. The van der Waals surface area contributed by atoms with Gasteiger partial charge < -0.3 is 4.90 Å². The molecular weight excluding hydrogens is 801 g/mol. The van der Waals surface area contributed by atoms with Gasteiger partial charge >= 0.3 is 0 Å². The second-order valence-corrected chi connectivity index (χ2v) is 17.3. The van der Waals surface area contributed by atoms with Crippen LogP contribution in [0.2, 0.25) is 0 Å². The third kappa shape index (κ3) is 6.37. The number of fused-ring (bicyclic) bond motifs is 7. The van der Waals surface area contributed by atoms with E-state index in [-0.39, 0.29) is 12.0 Å². The number of benzene rings is 9. The lowest BCUT2D eigenvalue weighted by Crippen LogP contribution is -2.29. The first-order chi connectivity index (χ1) is 32.7. The zero-order chi connectivity index (χ0) is 43.6. The van der Waals surface area contributed by atoms with E-state index < -0.39 is 0 Å². The Hall–Kier alpha value is -8.60. The van der Waals surface area contributed by atoms with E-state index >= 15 is 0 Å². The highest BCUT2D eigenvalue weighted by Gasteiger charge is 2.39. The van der Waals surface area contributed by atoms with E-state index in [9.17, 15) is 0 Å². The van der Waals surface area contributed by atoms with Crippen LogP contribution < -0.4 is 4.90 Å². The number of aromatic nitrogens is 3. The number of anilines is 2. The fourth-order valence-electron chi connectivity index (χ4n) is 10.4. The molecule has 0 bridgehead atoms. The van der Waals surface area contributed by atoms with Crippen LogP contribution in [0.15, 0.2) is 243 Å². The maximum Gasteiger partial charge on any atom is 0.235 e. The van der Waals surface area contributed by atoms with Gasteiger partial charge in [0.25, 0.3) is 0 Å². The zero-order valence-electron chi connectivity index (χ0n) is 36.0. The third-order valence-corrected chi connectivity index (χ3v) is 13.5. The maximum atomic E-state index is 5.33. The van der Waals surface area contributed by atoms with E-state index in [0.29, 0.717) is 5.95 Å². The molecule has 310 valence electrons. The number of hydrogen-bond donors (Lipinski definition) is 0. The topological polar surface area (TPSA) is 34.0 Å². The van der Waals surface area contributed by atoms with Crippen LogP contribution in [-0.2, 0) is 0 Å². The predicted molar refractivity (Wildman–Crippen MR) is 274 cm³/mol. The van der Waals surface area contributed by atoms with Gasteiger partial charge in [-0.2, -0.15) is 0 Å². The number of nitrogens with zero attached hydrogens (tertiary/aromatic N) is 4. The van der Waals surface area contributed by atoms with Gasteiger partial charge in [0.2, 0.25) is 5.95 Å². The van der Waals surface area contributed by atoms with Crippen molar-refractivity contribution >= 4 is 49.5 Å². The summed E-state index contributed by atoms with van der Waals surface area (Å²) in [5, 5.41) is 4.81. The summed E-state index contributed by atoms with van der Waals surface area (Å²) in [6, 6.07) is 80.7. The summed E-state index contributed by atoms with van der Waals surface area (Å²) in [5.41, 5.74) is 17.0. The molecule has 2 aliphatic rings. The minimum absolute atomic E-state index is 0.118. The summed E-state index contributed by atoms with van der Waals surface area (Å²) in [5.74, 6) is 0.773. The van der Waals surface area contributed by atoms with E-state index in [1.807, 2.05) is 12.1 Å². The van der Waals surface area contributed by atoms with E-state index in [1.54, 1.807) is 0 Å². The lowest BCUT2D eigenvalue weighted by molar-refractivity contribution is 0.748. The fourth-order valence-corrected chi connectivity index (χ4v) is 10.4. The highest BCUT2D eigenvalue weighted by atomic mass is 15.2. The first kappa shape index (κ1) is 37.9. The first-order valence-electron chi connectivity index (χ1n) is 22.7. The molecule has 2 atom stereocenters. The molecule has 0 saturated carbocycles. The Bertz CT molecular complexity index is 3640. The molecule has 4 heteroatoms. The second kappa shape index (κ2) is 15.6. The number of rotatable bonds is 7. The SMILES string of the molecule is C1=CC2C(C=C1c1ccc3c(c1)c1cc(-c4ccccc4)ccc1n3-c1nc(-c3ccccc3)cc(-c3ccccc3)n1)c1cc(-c3ccccc3)ccc1N2c1cccc2ccccc12. The molecule has 0 saturated heterocycles. The summed E-state index contributed by atoms with van der Waals surface area (Å²) < 4.78 is 2.25. The molecule has 11 aromatic rings. The average Bonchev–Trinajstić information content (AvgIpc) is 3.90. The molecule has 13 rings (SSSR count). The van der Waals surface area contributed by atoms with Crippen LogP contribution in [-0.4, -0.2) is 20.6 Å². The van der Waals surface area contributed by atoms with Crippen molar-refractivity contribution in [1.82, 2.24) is 14.5 Å².